The molecule has 6 heteroatoms. The molecule has 0 fully saturated rings. The fourth-order valence-corrected chi connectivity index (χ4v) is 1.22. The Labute approximate surface area is 86.6 Å². The molecule has 0 saturated heterocycles. The zero-order valence-electron chi connectivity index (χ0n) is 8.49. The van der Waals surface area contributed by atoms with Crippen molar-refractivity contribution in [3.05, 3.63) is 35.7 Å². The smallest absolute Gasteiger partial charge is 0.163 e. The Morgan fingerprint density at radius 1 is 1.27 bits per heavy atom. The minimum absolute atomic E-state index is 0.353. The van der Waals surface area contributed by atoms with Crippen LogP contribution in [-0.2, 0) is 7.05 Å². The van der Waals surface area contributed by atoms with Crippen LogP contribution in [-0.4, -0.2) is 30.1 Å². The van der Waals surface area contributed by atoms with E-state index >= 15 is 0 Å². The first-order chi connectivity index (χ1) is 7.18. The van der Waals surface area contributed by atoms with Gasteiger partial charge in [-0.25, -0.2) is 14.6 Å². The zero-order valence-corrected chi connectivity index (χ0v) is 8.49. The lowest BCUT2D eigenvalue weighted by Crippen LogP contribution is -2.09. The summed E-state index contributed by atoms with van der Waals surface area (Å²) >= 11 is 0. The normalized spacial score (nSPS) is 12.7. The van der Waals surface area contributed by atoms with Gasteiger partial charge in [-0.1, -0.05) is 5.21 Å². The van der Waals surface area contributed by atoms with Crippen LogP contribution in [0.4, 0.5) is 0 Å². The van der Waals surface area contributed by atoms with Crippen molar-refractivity contribution in [1.29, 1.82) is 0 Å². The van der Waals surface area contributed by atoms with Gasteiger partial charge in [0.2, 0.25) is 0 Å². The summed E-state index contributed by atoms with van der Waals surface area (Å²) in [5.74, 6) is 0.353. The highest BCUT2D eigenvalue weighted by molar-refractivity contribution is 5.12. The molecule has 0 amide bonds. The summed E-state index contributed by atoms with van der Waals surface area (Å²) in [6.45, 7) is 1.89. The van der Waals surface area contributed by atoms with Gasteiger partial charge in [0.15, 0.2) is 11.9 Å². The summed E-state index contributed by atoms with van der Waals surface area (Å²) in [6.07, 6.45) is 3.93. The summed E-state index contributed by atoms with van der Waals surface area (Å²) in [6, 6.07) is 0. The predicted molar refractivity (Wildman–Crippen MR) is 51.8 cm³/mol. The second-order valence-corrected chi connectivity index (χ2v) is 3.30. The van der Waals surface area contributed by atoms with E-state index in [0.717, 1.165) is 5.56 Å². The second-order valence-electron chi connectivity index (χ2n) is 3.30. The molecule has 0 aliphatic heterocycles. The maximum Gasteiger partial charge on any atom is 0.163 e. The van der Waals surface area contributed by atoms with E-state index in [1.54, 1.807) is 19.4 Å². The van der Waals surface area contributed by atoms with E-state index in [4.69, 9.17) is 0 Å². The van der Waals surface area contributed by atoms with E-state index in [1.807, 2.05) is 6.92 Å². The standard InChI is InChI=1S/C9H11N5O/c1-6-3-10-9(11-4-6)8(15)7-5-12-13-14(7)2/h3-5,8,15H,1-2H3. The topological polar surface area (TPSA) is 76.7 Å². The van der Waals surface area contributed by atoms with Crippen molar-refractivity contribution in [2.75, 3.05) is 0 Å². The van der Waals surface area contributed by atoms with Crippen LogP contribution in [0.25, 0.3) is 0 Å². The first kappa shape index (κ1) is 9.72. The molecule has 0 saturated carbocycles. The third-order valence-electron chi connectivity index (χ3n) is 2.08. The quantitative estimate of drug-likeness (QED) is 0.746. The molecule has 2 aromatic heterocycles. The molecule has 0 spiro atoms. The average Bonchev–Trinajstić information content (AvgIpc) is 2.65. The SMILES string of the molecule is Cc1cnc(C(O)c2cnnn2C)nc1. The van der Waals surface area contributed by atoms with Crippen molar-refractivity contribution < 1.29 is 5.11 Å². The summed E-state index contributed by atoms with van der Waals surface area (Å²) in [5.41, 5.74) is 1.52. The lowest BCUT2D eigenvalue weighted by molar-refractivity contribution is 0.199. The van der Waals surface area contributed by atoms with Crippen LogP contribution in [0.5, 0.6) is 0 Å². The van der Waals surface area contributed by atoms with Gasteiger partial charge in [0, 0.05) is 19.4 Å². The number of hydrogen-bond donors (Lipinski definition) is 1. The molecular formula is C9H11N5O. The van der Waals surface area contributed by atoms with Crippen LogP contribution >= 0.6 is 0 Å². The van der Waals surface area contributed by atoms with Crippen LogP contribution < -0.4 is 0 Å². The molecule has 78 valence electrons. The van der Waals surface area contributed by atoms with Crippen molar-refractivity contribution in [3.8, 4) is 0 Å². The largest absolute Gasteiger partial charge is 0.379 e. The van der Waals surface area contributed by atoms with Gasteiger partial charge >= 0.3 is 0 Å². The molecule has 2 aromatic rings. The van der Waals surface area contributed by atoms with Crippen molar-refractivity contribution in [3.63, 3.8) is 0 Å². The molecule has 0 bridgehead atoms. The molecule has 2 rings (SSSR count). The molecule has 0 aliphatic carbocycles. The van der Waals surface area contributed by atoms with Crippen LogP contribution in [0.2, 0.25) is 0 Å². The van der Waals surface area contributed by atoms with Gasteiger partial charge in [0.25, 0.3) is 0 Å². The minimum Gasteiger partial charge on any atom is -0.379 e. The van der Waals surface area contributed by atoms with Gasteiger partial charge in [0.05, 0.1) is 11.9 Å². The zero-order chi connectivity index (χ0) is 10.8. The van der Waals surface area contributed by atoms with E-state index in [-0.39, 0.29) is 0 Å². The summed E-state index contributed by atoms with van der Waals surface area (Å²) in [7, 11) is 1.71. The number of aryl methyl sites for hydroxylation is 2. The molecule has 15 heavy (non-hydrogen) atoms. The fourth-order valence-electron chi connectivity index (χ4n) is 1.22. The summed E-state index contributed by atoms with van der Waals surface area (Å²) in [4.78, 5) is 8.09. The number of aliphatic hydroxyl groups excluding tert-OH is 1. The molecule has 1 N–H and O–H groups in total. The lowest BCUT2D eigenvalue weighted by Gasteiger charge is -2.08. The molecule has 2 heterocycles. The second kappa shape index (κ2) is 3.74. The Bertz CT molecular complexity index is 450. The lowest BCUT2D eigenvalue weighted by atomic mass is 10.2. The van der Waals surface area contributed by atoms with E-state index in [1.165, 1.54) is 10.9 Å². The Morgan fingerprint density at radius 2 is 1.93 bits per heavy atom. The van der Waals surface area contributed by atoms with Crippen LogP contribution in [0.3, 0.4) is 0 Å². The first-order valence-corrected chi connectivity index (χ1v) is 4.49. The van der Waals surface area contributed by atoms with Crippen molar-refractivity contribution >= 4 is 0 Å². The van der Waals surface area contributed by atoms with Gasteiger partial charge in [-0.3, -0.25) is 0 Å². The number of rotatable bonds is 2. The van der Waals surface area contributed by atoms with Crippen LogP contribution in [0, 0.1) is 6.92 Å². The Balaban J connectivity index is 2.32. The Morgan fingerprint density at radius 3 is 2.47 bits per heavy atom. The van der Waals surface area contributed by atoms with Crippen molar-refractivity contribution in [1.82, 2.24) is 25.0 Å². The monoisotopic (exact) mass is 205 g/mol. The molecule has 1 unspecified atom stereocenters. The first-order valence-electron chi connectivity index (χ1n) is 4.49. The third-order valence-corrected chi connectivity index (χ3v) is 2.08. The highest BCUT2D eigenvalue weighted by Crippen LogP contribution is 2.15. The van der Waals surface area contributed by atoms with E-state index < -0.39 is 6.10 Å². The number of hydrogen-bond acceptors (Lipinski definition) is 5. The summed E-state index contributed by atoms with van der Waals surface area (Å²) < 4.78 is 1.49. The fraction of sp³-hybridized carbons (Fsp3) is 0.333. The van der Waals surface area contributed by atoms with Crippen LogP contribution in [0.15, 0.2) is 18.6 Å². The van der Waals surface area contributed by atoms with Crippen molar-refractivity contribution in [2.45, 2.75) is 13.0 Å². The molecule has 1 atom stereocenters. The average molecular weight is 205 g/mol. The Kier molecular flexibility index (Phi) is 2.42. The third kappa shape index (κ3) is 1.84. The van der Waals surface area contributed by atoms with E-state index in [9.17, 15) is 5.11 Å². The molecule has 0 aliphatic rings. The maximum atomic E-state index is 9.93. The van der Waals surface area contributed by atoms with Gasteiger partial charge < -0.3 is 5.11 Å². The maximum absolute atomic E-state index is 9.93. The predicted octanol–water partition coefficient (Wildman–Crippen LogP) is -0.00478. The number of nitrogens with zero attached hydrogens (tertiary/aromatic N) is 5. The van der Waals surface area contributed by atoms with Crippen molar-refractivity contribution in [2.24, 2.45) is 7.05 Å². The minimum atomic E-state index is -0.884. The van der Waals surface area contributed by atoms with E-state index in [2.05, 4.69) is 20.3 Å². The summed E-state index contributed by atoms with van der Waals surface area (Å²) in [5, 5.41) is 17.3. The van der Waals surface area contributed by atoms with E-state index in [0.29, 0.717) is 11.5 Å². The molecule has 0 radical (unpaired) electrons. The van der Waals surface area contributed by atoms with Gasteiger partial charge in [-0.05, 0) is 12.5 Å². The Hall–Kier alpha value is -1.82. The number of aromatic nitrogens is 5. The molecule has 6 nitrogen and oxygen atoms in total. The highest BCUT2D eigenvalue weighted by Gasteiger charge is 2.16. The molecule has 0 aromatic carbocycles. The molecular weight excluding hydrogens is 194 g/mol. The van der Waals surface area contributed by atoms with Gasteiger partial charge in [-0.15, -0.1) is 5.10 Å². The van der Waals surface area contributed by atoms with Gasteiger partial charge in [-0.2, -0.15) is 0 Å². The van der Waals surface area contributed by atoms with Crippen LogP contribution in [0.1, 0.15) is 23.2 Å². The number of aliphatic hydroxyl groups is 1. The van der Waals surface area contributed by atoms with Gasteiger partial charge in [0.1, 0.15) is 0 Å². The highest BCUT2D eigenvalue weighted by atomic mass is 16.3.